The number of hydrogen-bond acceptors (Lipinski definition) is 7. The van der Waals surface area contributed by atoms with E-state index in [9.17, 15) is 9.59 Å². The first kappa shape index (κ1) is 17.7. The van der Waals surface area contributed by atoms with Crippen LogP contribution in [0.1, 0.15) is 34.6 Å². The van der Waals surface area contributed by atoms with E-state index in [2.05, 4.69) is 10.3 Å². The first-order valence-electron chi connectivity index (χ1n) is 7.74. The molecule has 1 aromatic carbocycles. The highest BCUT2D eigenvalue weighted by atomic mass is 16.5. The zero-order valence-corrected chi connectivity index (χ0v) is 13.7. The lowest BCUT2D eigenvalue weighted by molar-refractivity contribution is 0.0516. The number of aromatic nitrogens is 1. The number of benzene rings is 1. The number of hydrogen-bond donors (Lipinski definition) is 2. The Kier molecular flexibility index (Phi) is 6.08. The number of nitrogens with one attached hydrogen (secondary N) is 1. The van der Waals surface area contributed by atoms with Crippen LogP contribution < -0.4 is 5.32 Å². The summed E-state index contributed by atoms with van der Waals surface area (Å²) in [7, 11) is 0. The van der Waals surface area contributed by atoms with E-state index in [1.54, 1.807) is 32.0 Å². The summed E-state index contributed by atoms with van der Waals surface area (Å²) in [6.07, 6.45) is 1.40. The molecular weight excluding hydrogens is 312 g/mol. The standard InChI is InChI=1S/C17H20N2O5/c1-3-23-16(21)11-5-6-12-14(9-11)19-10-13(17(22)24-4-2)15(12)18-7-8-20/h5-6,9-10,20H,3-4,7-8H2,1-2H3,(H,18,19). The Labute approximate surface area is 139 Å². The topological polar surface area (TPSA) is 97.8 Å². The maximum absolute atomic E-state index is 12.1. The average molecular weight is 332 g/mol. The molecule has 0 amide bonds. The number of anilines is 1. The Morgan fingerprint density at radius 1 is 1.17 bits per heavy atom. The molecule has 2 aromatic rings. The number of aliphatic hydroxyl groups is 1. The maximum Gasteiger partial charge on any atom is 0.341 e. The van der Waals surface area contributed by atoms with Gasteiger partial charge in [-0.2, -0.15) is 0 Å². The van der Waals surface area contributed by atoms with E-state index < -0.39 is 11.9 Å². The van der Waals surface area contributed by atoms with Crippen molar-refractivity contribution in [3.8, 4) is 0 Å². The Hall–Kier alpha value is -2.67. The predicted molar refractivity (Wildman–Crippen MR) is 89.2 cm³/mol. The summed E-state index contributed by atoms with van der Waals surface area (Å²) in [6, 6.07) is 4.91. The van der Waals surface area contributed by atoms with Gasteiger partial charge in [-0.1, -0.05) is 0 Å². The zero-order chi connectivity index (χ0) is 17.5. The second-order valence-electron chi connectivity index (χ2n) is 4.87. The lowest BCUT2D eigenvalue weighted by atomic mass is 10.1. The second-order valence-corrected chi connectivity index (χ2v) is 4.87. The number of esters is 2. The third kappa shape index (κ3) is 3.80. The van der Waals surface area contributed by atoms with Crippen molar-refractivity contribution in [2.45, 2.75) is 13.8 Å². The van der Waals surface area contributed by atoms with Crippen LogP contribution in [0.2, 0.25) is 0 Å². The molecule has 7 heteroatoms. The SMILES string of the molecule is CCOC(=O)c1ccc2c(NCCO)c(C(=O)OCC)cnc2c1. The summed E-state index contributed by atoms with van der Waals surface area (Å²) < 4.78 is 10.0. The molecule has 0 unspecified atom stereocenters. The molecule has 0 saturated heterocycles. The average Bonchev–Trinajstić information content (AvgIpc) is 2.59. The summed E-state index contributed by atoms with van der Waals surface area (Å²) in [4.78, 5) is 28.2. The maximum atomic E-state index is 12.1. The van der Waals surface area contributed by atoms with E-state index in [4.69, 9.17) is 14.6 Å². The first-order valence-corrected chi connectivity index (χ1v) is 7.74. The van der Waals surface area contributed by atoms with Gasteiger partial charge in [0.1, 0.15) is 5.56 Å². The van der Waals surface area contributed by atoms with Crippen LogP contribution in [0.3, 0.4) is 0 Å². The Morgan fingerprint density at radius 3 is 2.54 bits per heavy atom. The number of aliphatic hydroxyl groups excluding tert-OH is 1. The highest BCUT2D eigenvalue weighted by Crippen LogP contribution is 2.27. The van der Waals surface area contributed by atoms with Crippen molar-refractivity contribution in [2.24, 2.45) is 0 Å². The summed E-state index contributed by atoms with van der Waals surface area (Å²) in [6.45, 7) is 4.17. The van der Waals surface area contributed by atoms with E-state index >= 15 is 0 Å². The molecule has 0 saturated carbocycles. The monoisotopic (exact) mass is 332 g/mol. The van der Waals surface area contributed by atoms with Crippen molar-refractivity contribution in [1.29, 1.82) is 0 Å². The number of ether oxygens (including phenoxy) is 2. The Morgan fingerprint density at radius 2 is 1.88 bits per heavy atom. The number of rotatable bonds is 7. The molecule has 0 aliphatic heterocycles. The summed E-state index contributed by atoms with van der Waals surface area (Å²) in [5, 5.41) is 12.7. The zero-order valence-electron chi connectivity index (χ0n) is 13.7. The second kappa shape index (κ2) is 8.26. The van der Waals surface area contributed by atoms with Gasteiger partial charge in [-0.3, -0.25) is 4.98 Å². The molecule has 7 nitrogen and oxygen atoms in total. The largest absolute Gasteiger partial charge is 0.462 e. The molecule has 0 aliphatic rings. The van der Waals surface area contributed by atoms with Gasteiger partial charge in [0.15, 0.2) is 0 Å². The molecule has 0 fully saturated rings. The fourth-order valence-electron chi connectivity index (χ4n) is 2.27. The van der Waals surface area contributed by atoms with Crippen LogP contribution in [0.25, 0.3) is 10.9 Å². The highest BCUT2D eigenvalue weighted by Gasteiger charge is 2.17. The number of carbonyl (C=O) groups is 2. The molecule has 2 N–H and O–H groups in total. The molecule has 2 rings (SSSR count). The lowest BCUT2D eigenvalue weighted by Crippen LogP contribution is -2.13. The van der Waals surface area contributed by atoms with E-state index in [1.807, 2.05) is 0 Å². The van der Waals surface area contributed by atoms with E-state index in [0.29, 0.717) is 22.2 Å². The fraction of sp³-hybridized carbons (Fsp3) is 0.353. The van der Waals surface area contributed by atoms with Crippen LogP contribution in [0.5, 0.6) is 0 Å². The quantitative estimate of drug-likeness (QED) is 0.748. The molecule has 128 valence electrons. The van der Waals surface area contributed by atoms with E-state index in [0.717, 1.165) is 0 Å². The molecule has 0 radical (unpaired) electrons. The van der Waals surface area contributed by atoms with Gasteiger partial charge in [0, 0.05) is 18.1 Å². The smallest absolute Gasteiger partial charge is 0.341 e. The van der Waals surface area contributed by atoms with Crippen molar-refractivity contribution in [3.63, 3.8) is 0 Å². The predicted octanol–water partition coefficient (Wildman–Crippen LogP) is 1.99. The highest BCUT2D eigenvalue weighted by molar-refractivity contribution is 6.06. The summed E-state index contributed by atoms with van der Waals surface area (Å²) in [5.41, 5.74) is 1.72. The molecule has 0 atom stereocenters. The van der Waals surface area contributed by atoms with Gasteiger partial charge in [-0.05, 0) is 32.0 Å². The van der Waals surface area contributed by atoms with E-state index in [1.165, 1.54) is 6.20 Å². The fourth-order valence-corrected chi connectivity index (χ4v) is 2.27. The third-order valence-electron chi connectivity index (χ3n) is 3.29. The molecule has 1 heterocycles. The van der Waals surface area contributed by atoms with Gasteiger partial charge in [0.2, 0.25) is 0 Å². The third-order valence-corrected chi connectivity index (χ3v) is 3.29. The molecule has 0 bridgehead atoms. The molecular formula is C17H20N2O5. The molecule has 1 aromatic heterocycles. The first-order chi connectivity index (χ1) is 11.6. The van der Waals surface area contributed by atoms with Crippen LogP contribution >= 0.6 is 0 Å². The number of fused-ring (bicyclic) bond motifs is 1. The van der Waals surface area contributed by atoms with Crippen molar-refractivity contribution in [1.82, 2.24) is 4.98 Å². The van der Waals surface area contributed by atoms with Gasteiger partial charge < -0.3 is 19.9 Å². The van der Waals surface area contributed by atoms with Gasteiger partial charge in [0.25, 0.3) is 0 Å². The minimum Gasteiger partial charge on any atom is -0.462 e. The normalized spacial score (nSPS) is 10.5. The number of nitrogens with zero attached hydrogens (tertiary/aromatic N) is 1. The summed E-state index contributed by atoms with van der Waals surface area (Å²) in [5.74, 6) is -0.928. The van der Waals surface area contributed by atoms with Gasteiger partial charge in [0.05, 0.1) is 36.6 Å². The lowest BCUT2D eigenvalue weighted by Gasteiger charge is -2.14. The van der Waals surface area contributed by atoms with Crippen LogP contribution in [0, 0.1) is 0 Å². The van der Waals surface area contributed by atoms with Gasteiger partial charge in [-0.15, -0.1) is 0 Å². The van der Waals surface area contributed by atoms with Crippen molar-refractivity contribution in [3.05, 3.63) is 35.5 Å². The van der Waals surface area contributed by atoms with Crippen LogP contribution in [0.4, 0.5) is 5.69 Å². The van der Waals surface area contributed by atoms with Crippen LogP contribution in [0.15, 0.2) is 24.4 Å². The molecule has 0 aliphatic carbocycles. The Bertz CT molecular complexity index is 745. The van der Waals surface area contributed by atoms with Crippen molar-refractivity contribution in [2.75, 3.05) is 31.7 Å². The van der Waals surface area contributed by atoms with Crippen molar-refractivity contribution < 1.29 is 24.2 Å². The minimum absolute atomic E-state index is 0.0903. The number of pyridine rings is 1. The van der Waals surface area contributed by atoms with Gasteiger partial charge >= 0.3 is 11.9 Å². The Balaban J connectivity index is 2.51. The molecule has 24 heavy (non-hydrogen) atoms. The van der Waals surface area contributed by atoms with Crippen molar-refractivity contribution >= 4 is 28.5 Å². The van der Waals surface area contributed by atoms with E-state index in [-0.39, 0.29) is 31.9 Å². The van der Waals surface area contributed by atoms with Crippen LogP contribution in [-0.2, 0) is 9.47 Å². The van der Waals surface area contributed by atoms with Crippen LogP contribution in [-0.4, -0.2) is 48.4 Å². The molecule has 0 spiro atoms. The summed E-state index contributed by atoms with van der Waals surface area (Å²) >= 11 is 0. The minimum atomic E-state index is -0.498. The number of carbonyl (C=O) groups excluding carboxylic acids is 2. The van der Waals surface area contributed by atoms with Gasteiger partial charge in [-0.25, -0.2) is 9.59 Å².